The first-order chi connectivity index (χ1) is 8.29. The molecule has 0 aliphatic carbocycles. The van der Waals surface area contributed by atoms with Crippen molar-refractivity contribution in [2.24, 2.45) is 0 Å². The lowest BCUT2D eigenvalue weighted by Gasteiger charge is -2.06. The van der Waals surface area contributed by atoms with Gasteiger partial charge < -0.3 is 9.84 Å². The summed E-state index contributed by atoms with van der Waals surface area (Å²) >= 11 is 5.80. The fourth-order valence-corrected chi connectivity index (χ4v) is 1.55. The van der Waals surface area contributed by atoms with Gasteiger partial charge in [-0.15, -0.1) is 0 Å². The van der Waals surface area contributed by atoms with E-state index in [1.165, 1.54) is 6.39 Å². The van der Waals surface area contributed by atoms with Crippen molar-refractivity contribution in [3.63, 3.8) is 0 Å². The molecule has 2 aromatic rings. The SMILES string of the molecule is N#Cc1cc(Cl)ccc1NCCc1ncon1. The molecule has 1 heterocycles. The Hall–Kier alpha value is -2.06. The van der Waals surface area contributed by atoms with Crippen LogP contribution in [0.5, 0.6) is 0 Å². The molecular weight excluding hydrogens is 240 g/mol. The lowest BCUT2D eigenvalue weighted by molar-refractivity contribution is 0.410. The fraction of sp³-hybridized carbons (Fsp3) is 0.182. The zero-order valence-corrected chi connectivity index (χ0v) is 9.61. The number of aromatic nitrogens is 2. The van der Waals surface area contributed by atoms with E-state index in [-0.39, 0.29) is 0 Å². The van der Waals surface area contributed by atoms with Crippen molar-refractivity contribution < 1.29 is 4.52 Å². The Bertz CT molecular complexity index is 533. The Morgan fingerprint density at radius 3 is 3.06 bits per heavy atom. The highest BCUT2D eigenvalue weighted by molar-refractivity contribution is 6.30. The number of nitrogens with zero attached hydrogens (tertiary/aromatic N) is 3. The van der Waals surface area contributed by atoms with Crippen molar-refractivity contribution in [3.05, 3.63) is 41.0 Å². The van der Waals surface area contributed by atoms with Crippen LogP contribution in [0.2, 0.25) is 5.02 Å². The second-order valence-electron chi connectivity index (χ2n) is 3.33. The van der Waals surface area contributed by atoms with E-state index in [2.05, 4.69) is 26.0 Å². The highest BCUT2D eigenvalue weighted by Crippen LogP contribution is 2.19. The molecule has 5 nitrogen and oxygen atoms in total. The monoisotopic (exact) mass is 248 g/mol. The topological polar surface area (TPSA) is 74.7 Å². The number of hydrogen-bond donors (Lipinski definition) is 1. The lowest BCUT2D eigenvalue weighted by atomic mass is 10.2. The third kappa shape index (κ3) is 2.95. The summed E-state index contributed by atoms with van der Waals surface area (Å²) in [7, 11) is 0. The van der Waals surface area contributed by atoms with E-state index in [0.717, 1.165) is 5.69 Å². The van der Waals surface area contributed by atoms with Crippen LogP contribution in [0.3, 0.4) is 0 Å². The van der Waals surface area contributed by atoms with Gasteiger partial charge in [-0.05, 0) is 18.2 Å². The molecule has 0 saturated heterocycles. The Balaban J connectivity index is 1.97. The van der Waals surface area contributed by atoms with Crippen molar-refractivity contribution in [1.29, 1.82) is 5.26 Å². The standard InChI is InChI=1S/C11H9ClN4O/c12-9-1-2-10(8(5-9)6-13)14-4-3-11-15-7-17-16-11/h1-2,5,7,14H,3-4H2. The minimum Gasteiger partial charge on any atom is -0.384 e. The summed E-state index contributed by atoms with van der Waals surface area (Å²) in [5, 5.41) is 16.3. The summed E-state index contributed by atoms with van der Waals surface area (Å²) in [4.78, 5) is 3.90. The number of anilines is 1. The molecular formula is C11H9ClN4O. The quantitative estimate of drug-likeness (QED) is 0.898. The molecule has 1 aromatic heterocycles. The maximum Gasteiger partial charge on any atom is 0.213 e. The van der Waals surface area contributed by atoms with Gasteiger partial charge in [-0.25, -0.2) is 0 Å². The molecule has 1 aromatic carbocycles. The second kappa shape index (κ2) is 5.32. The molecule has 6 heteroatoms. The van der Waals surface area contributed by atoms with Gasteiger partial charge in [0.2, 0.25) is 6.39 Å². The van der Waals surface area contributed by atoms with Gasteiger partial charge in [-0.2, -0.15) is 10.2 Å². The molecule has 0 aliphatic rings. The third-order valence-corrected chi connectivity index (χ3v) is 2.41. The van der Waals surface area contributed by atoms with Crippen molar-refractivity contribution in [1.82, 2.24) is 10.1 Å². The van der Waals surface area contributed by atoms with Gasteiger partial charge in [0, 0.05) is 18.0 Å². The van der Waals surface area contributed by atoms with Crippen LogP contribution >= 0.6 is 11.6 Å². The van der Waals surface area contributed by atoms with Crippen LogP contribution in [0, 0.1) is 11.3 Å². The average Bonchev–Trinajstić information content (AvgIpc) is 2.84. The molecule has 0 spiro atoms. The van der Waals surface area contributed by atoms with E-state index in [4.69, 9.17) is 16.9 Å². The number of hydrogen-bond acceptors (Lipinski definition) is 5. The van der Waals surface area contributed by atoms with Gasteiger partial charge in [-0.1, -0.05) is 16.8 Å². The second-order valence-corrected chi connectivity index (χ2v) is 3.76. The zero-order valence-electron chi connectivity index (χ0n) is 8.85. The van der Waals surface area contributed by atoms with Crippen LogP contribution in [0.4, 0.5) is 5.69 Å². The van der Waals surface area contributed by atoms with Crippen molar-refractivity contribution in [2.45, 2.75) is 6.42 Å². The molecule has 0 amide bonds. The molecule has 1 N–H and O–H groups in total. The molecule has 0 bridgehead atoms. The van der Waals surface area contributed by atoms with Crippen LogP contribution in [-0.2, 0) is 6.42 Å². The first-order valence-electron chi connectivity index (χ1n) is 4.98. The largest absolute Gasteiger partial charge is 0.384 e. The van der Waals surface area contributed by atoms with Gasteiger partial charge in [-0.3, -0.25) is 0 Å². The molecule has 0 unspecified atom stereocenters. The maximum atomic E-state index is 8.94. The van der Waals surface area contributed by atoms with E-state index >= 15 is 0 Å². The predicted molar refractivity (Wildman–Crippen MR) is 62.7 cm³/mol. The molecule has 0 radical (unpaired) electrons. The van der Waals surface area contributed by atoms with E-state index in [1.807, 2.05) is 0 Å². The summed E-state index contributed by atoms with van der Waals surface area (Å²) in [5.41, 5.74) is 1.27. The normalized spacial score (nSPS) is 9.88. The predicted octanol–water partition coefficient (Wildman–Crippen LogP) is 2.25. The third-order valence-electron chi connectivity index (χ3n) is 2.17. The fourth-order valence-electron chi connectivity index (χ4n) is 1.37. The van der Waals surface area contributed by atoms with E-state index < -0.39 is 0 Å². The molecule has 2 rings (SSSR count). The van der Waals surface area contributed by atoms with Gasteiger partial charge >= 0.3 is 0 Å². The smallest absolute Gasteiger partial charge is 0.213 e. The summed E-state index contributed by atoms with van der Waals surface area (Å²) < 4.78 is 4.62. The lowest BCUT2D eigenvalue weighted by Crippen LogP contribution is -2.07. The van der Waals surface area contributed by atoms with Gasteiger partial charge in [0.25, 0.3) is 0 Å². The molecule has 86 valence electrons. The first kappa shape index (κ1) is 11.4. The molecule has 0 saturated carbocycles. The van der Waals surface area contributed by atoms with E-state index in [0.29, 0.717) is 29.4 Å². The van der Waals surface area contributed by atoms with Crippen LogP contribution in [-0.4, -0.2) is 16.7 Å². The highest BCUT2D eigenvalue weighted by atomic mass is 35.5. The maximum absolute atomic E-state index is 8.94. The van der Waals surface area contributed by atoms with Crippen molar-refractivity contribution >= 4 is 17.3 Å². The number of nitriles is 1. The van der Waals surface area contributed by atoms with Crippen molar-refractivity contribution in [3.8, 4) is 6.07 Å². The average molecular weight is 249 g/mol. The number of nitrogens with one attached hydrogen (secondary N) is 1. The Kier molecular flexibility index (Phi) is 3.58. The summed E-state index contributed by atoms with van der Waals surface area (Å²) in [6.45, 7) is 0.621. The first-order valence-corrected chi connectivity index (χ1v) is 5.36. The minimum absolute atomic E-state index is 0.519. The van der Waals surface area contributed by atoms with Crippen molar-refractivity contribution in [2.75, 3.05) is 11.9 Å². The van der Waals surface area contributed by atoms with E-state index in [1.54, 1.807) is 18.2 Å². The molecule has 17 heavy (non-hydrogen) atoms. The van der Waals surface area contributed by atoms with Gasteiger partial charge in [0.15, 0.2) is 5.82 Å². The Morgan fingerprint density at radius 1 is 1.47 bits per heavy atom. The molecule has 0 atom stereocenters. The van der Waals surface area contributed by atoms with Crippen LogP contribution < -0.4 is 5.32 Å². The number of rotatable bonds is 4. The summed E-state index contributed by atoms with van der Waals surface area (Å²) in [6, 6.07) is 7.22. The van der Waals surface area contributed by atoms with E-state index in [9.17, 15) is 0 Å². The molecule has 0 aliphatic heterocycles. The number of benzene rings is 1. The van der Waals surface area contributed by atoms with Crippen LogP contribution in [0.1, 0.15) is 11.4 Å². The summed E-state index contributed by atoms with van der Waals surface area (Å²) in [5.74, 6) is 0.630. The Morgan fingerprint density at radius 2 is 2.35 bits per heavy atom. The van der Waals surface area contributed by atoms with Crippen LogP contribution in [0.25, 0.3) is 0 Å². The van der Waals surface area contributed by atoms with Crippen LogP contribution in [0.15, 0.2) is 29.1 Å². The highest BCUT2D eigenvalue weighted by Gasteiger charge is 2.03. The van der Waals surface area contributed by atoms with Gasteiger partial charge in [0.05, 0.1) is 11.3 Å². The van der Waals surface area contributed by atoms with Gasteiger partial charge in [0.1, 0.15) is 6.07 Å². The Labute approximate surface area is 103 Å². The minimum atomic E-state index is 0.519. The number of halogens is 1. The zero-order chi connectivity index (χ0) is 12.1. The molecule has 0 fully saturated rings. The summed E-state index contributed by atoms with van der Waals surface area (Å²) in [6.07, 6.45) is 1.92.